The highest BCUT2D eigenvalue weighted by Crippen LogP contribution is 2.25. The third-order valence-corrected chi connectivity index (χ3v) is 3.52. The van der Waals surface area contributed by atoms with Crippen LogP contribution in [0.3, 0.4) is 0 Å². The normalized spacial score (nSPS) is 12.4. The lowest BCUT2D eigenvalue weighted by molar-refractivity contribution is 0.112. The van der Waals surface area contributed by atoms with Crippen molar-refractivity contribution in [3.8, 4) is 5.75 Å². The van der Waals surface area contributed by atoms with Gasteiger partial charge in [0.25, 0.3) is 0 Å². The summed E-state index contributed by atoms with van der Waals surface area (Å²) in [5.74, 6) is 0.0309. The maximum absolute atomic E-state index is 11.3. The number of carbonyl (C=O) groups is 1. The van der Waals surface area contributed by atoms with Crippen LogP contribution in [0.25, 0.3) is 0 Å². The summed E-state index contributed by atoms with van der Waals surface area (Å²) in [4.78, 5) is 11.3. The van der Waals surface area contributed by atoms with E-state index in [1.807, 2.05) is 32.1 Å². The van der Waals surface area contributed by atoms with Crippen molar-refractivity contribution in [3.05, 3.63) is 52.6 Å². The average Bonchev–Trinajstić information content (AvgIpc) is 2.45. The fourth-order valence-electron chi connectivity index (χ4n) is 2.23. The zero-order valence-electron chi connectivity index (χ0n) is 13.7. The lowest BCUT2D eigenvalue weighted by Crippen LogP contribution is -1.99. The maximum atomic E-state index is 11.3. The molecule has 0 bridgehead atoms. The first kappa shape index (κ1) is 18.2. The van der Waals surface area contributed by atoms with Gasteiger partial charge in [-0.2, -0.15) is 0 Å². The minimum absolute atomic E-state index is 0.0309. The smallest absolute Gasteiger partial charge is 0.154 e. The molecule has 1 aromatic carbocycles. The number of carbonyl (C=O) groups excluding carboxylic acids is 1. The summed E-state index contributed by atoms with van der Waals surface area (Å²) in [6.07, 6.45) is 9.42. The highest BCUT2D eigenvalue weighted by Gasteiger charge is 2.10. The van der Waals surface area contributed by atoms with Gasteiger partial charge >= 0.3 is 0 Å². The standard InChI is InChI=1S/C19H26O3/c1-14(2)9-10-16-11-12-19(22)18(13-20)17(16)8-6-4-5-7-15(3)21/h4,6,9,11-13,15,21-22H,5,7-8,10H2,1-3H3/b6-4+. The summed E-state index contributed by atoms with van der Waals surface area (Å²) in [6, 6.07) is 3.46. The van der Waals surface area contributed by atoms with Crippen LogP contribution in [0.2, 0.25) is 0 Å². The lowest BCUT2D eigenvalue weighted by atomic mass is 9.95. The highest BCUT2D eigenvalue weighted by atomic mass is 16.3. The van der Waals surface area contributed by atoms with Gasteiger partial charge in [0.2, 0.25) is 0 Å². The second kappa shape index (κ2) is 9.21. The Hall–Kier alpha value is -1.87. The summed E-state index contributed by atoms with van der Waals surface area (Å²) in [6.45, 7) is 5.85. The van der Waals surface area contributed by atoms with E-state index in [1.54, 1.807) is 13.0 Å². The molecule has 0 radical (unpaired) electrons. The number of aldehydes is 1. The van der Waals surface area contributed by atoms with Gasteiger partial charge in [0.15, 0.2) is 6.29 Å². The van der Waals surface area contributed by atoms with Gasteiger partial charge in [0.05, 0.1) is 11.7 Å². The fourth-order valence-corrected chi connectivity index (χ4v) is 2.23. The van der Waals surface area contributed by atoms with Gasteiger partial charge in [-0.1, -0.05) is 29.9 Å². The lowest BCUT2D eigenvalue weighted by Gasteiger charge is -2.11. The van der Waals surface area contributed by atoms with Crippen LogP contribution in [0.4, 0.5) is 0 Å². The van der Waals surface area contributed by atoms with Crippen LogP contribution in [0.1, 0.15) is 55.1 Å². The molecule has 0 amide bonds. The van der Waals surface area contributed by atoms with Crippen molar-refractivity contribution in [2.75, 3.05) is 0 Å². The van der Waals surface area contributed by atoms with Crippen LogP contribution in [0.15, 0.2) is 35.9 Å². The Labute approximate surface area is 133 Å². The van der Waals surface area contributed by atoms with Gasteiger partial charge in [-0.05, 0) is 63.6 Å². The van der Waals surface area contributed by atoms with Gasteiger partial charge in [-0.25, -0.2) is 0 Å². The van der Waals surface area contributed by atoms with Crippen molar-refractivity contribution < 1.29 is 15.0 Å². The van der Waals surface area contributed by atoms with Gasteiger partial charge in [-0.15, -0.1) is 0 Å². The molecule has 0 aliphatic carbocycles. The number of hydrogen-bond acceptors (Lipinski definition) is 3. The van der Waals surface area contributed by atoms with Gasteiger partial charge in [0, 0.05) is 0 Å². The van der Waals surface area contributed by atoms with Crippen molar-refractivity contribution in [2.24, 2.45) is 0 Å². The number of phenolic OH excluding ortho intramolecular Hbond substituents is 1. The predicted octanol–water partition coefficient (Wildman–Crippen LogP) is 3.97. The molecule has 0 aliphatic heterocycles. The molecule has 0 aliphatic rings. The topological polar surface area (TPSA) is 57.5 Å². The predicted molar refractivity (Wildman–Crippen MR) is 90.4 cm³/mol. The largest absolute Gasteiger partial charge is 0.507 e. The van der Waals surface area contributed by atoms with E-state index in [0.29, 0.717) is 12.0 Å². The molecule has 1 aromatic rings. The summed E-state index contributed by atoms with van der Waals surface area (Å²) in [7, 11) is 0. The van der Waals surface area contributed by atoms with Gasteiger partial charge < -0.3 is 10.2 Å². The van der Waals surface area contributed by atoms with E-state index in [9.17, 15) is 15.0 Å². The Morgan fingerprint density at radius 2 is 1.95 bits per heavy atom. The third kappa shape index (κ3) is 5.86. The molecular formula is C19H26O3. The minimum Gasteiger partial charge on any atom is -0.507 e. The van der Waals surface area contributed by atoms with Crippen molar-refractivity contribution in [3.63, 3.8) is 0 Å². The van der Waals surface area contributed by atoms with Crippen molar-refractivity contribution in [1.29, 1.82) is 0 Å². The molecule has 0 saturated carbocycles. The number of allylic oxidation sites excluding steroid dienone is 4. The van der Waals surface area contributed by atoms with Crippen molar-refractivity contribution in [2.45, 2.75) is 52.6 Å². The molecule has 22 heavy (non-hydrogen) atoms. The first-order valence-electron chi connectivity index (χ1n) is 7.71. The van der Waals surface area contributed by atoms with Gasteiger partial charge in [0.1, 0.15) is 5.75 Å². The Balaban J connectivity index is 2.95. The highest BCUT2D eigenvalue weighted by molar-refractivity contribution is 5.82. The Morgan fingerprint density at radius 3 is 2.55 bits per heavy atom. The monoisotopic (exact) mass is 302 g/mol. The first-order chi connectivity index (χ1) is 10.5. The summed E-state index contributed by atoms with van der Waals surface area (Å²) < 4.78 is 0. The molecule has 3 nitrogen and oxygen atoms in total. The summed E-state index contributed by atoms with van der Waals surface area (Å²) in [5, 5.41) is 19.1. The van der Waals surface area contributed by atoms with E-state index in [2.05, 4.69) is 6.08 Å². The second-order valence-corrected chi connectivity index (χ2v) is 5.84. The SMILES string of the molecule is CC(C)=CCc1ccc(O)c(C=O)c1C/C=C/CCC(C)O. The fraction of sp³-hybridized carbons (Fsp3) is 0.421. The van der Waals surface area contributed by atoms with Crippen LogP contribution >= 0.6 is 0 Å². The number of hydrogen-bond donors (Lipinski definition) is 2. The van der Waals surface area contributed by atoms with E-state index in [4.69, 9.17) is 0 Å². The molecule has 0 saturated heterocycles. The molecular weight excluding hydrogens is 276 g/mol. The van der Waals surface area contributed by atoms with Crippen LogP contribution in [-0.2, 0) is 12.8 Å². The zero-order valence-corrected chi connectivity index (χ0v) is 13.7. The number of benzene rings is 1. The molecule has 2 N–H and O–H groups in total. The van der Waals surface area contributed by atoms with Crippen LogP contribution < -0.4 is 0 Å². The Kier molecular flexibility index (Phi) is 7.61. The maximum Gasteiger partial charge on any atom is 0.154 e. The van der Waals surface area contributed by atoms with E-state index in [0.717, 1.165) is 36.7 Å². The molecule has 1 rings (SSSR count). The van der Waals surface area contributed by atoms with E-state index < -0.39 is 0 Å². The Bertz CT molecular complexity index is 550. The molecule has 0 aromatic heterocycles. The number of rotatable bonds is 8. The third-order valence-electron chi connectivity index (χ3n) is 3.52. The summed E-state index contributed by atoms with van der Waals surface area (Å²) in [5.41, 5.74) is 3.53. The molecule has 3 heteroatoms. The first-order valence-corrected chi connectivity index (χ1v) is 7.71. The van der Waals surface area contributed by atoms with Gasteiger partial charge in [-0.3, -0.25) is 4.79 Å². The van der Waals surface area contributed by atoms with Crippen molar-refractivity contribution in [1.82, 2.24) is 0 Å². The van der Waals surface area contributed by atoms with E-state index >= 15 is 0 Å². The van der Waals surface area contributed by atoms with Crippen molar-refractivity contribution >= 4 is 6.29 Å². The molecule has 120 valence electrons. The number of aliphatic hydroxyl groups is 1. The van der Waals surface area contributed by atoms with Crippen LogP contribution in [-0.4, -0.2) is 22.6 Å². The average molecular weight is 302 g/mol. The zero-order chi connectivity index (χ0) is 16.5. The second-order valence-electron chi connectivity index (χ2n) is 5.84. The molecule has 0 spiro atoms. The molecule has 1 atom stereocenters. The van der Waals surface area contributed by atoms with E-state index in [-0.39, 0.29) is 11.9 Å². The van der Waals surface area contributed by atoms with Crippen LogP contribution in [0.5, 0.6) is 5.75 Å². The number of aromatic hydroxyl groups is 1. The number of phenols is 1. The van der Waals surface area contributed by atoms with E-state index in [1.165, 1.54) is 5.57 Å². The molecule has 0 heterocycles. The molecule has 0 fully saturated rings. The Morgan fingerprint density at radius 1 is 1.23 bits per heavy atom. The van der Waals surface area contributed by atoms with Crippen LogP contribution in [0, 0.1) is 0 Å². The molecule has 1 unspecified atom stereocenters. The number of aliphatic hydroxyl groups excluding tert-OH is 1. The summed E-state index contributed by atoms with van der Waals surface area (Å²) >= 11 is 0. The minimum atomic E-state index is -0.302. The quantitative estimate of drug-likeness (QED) is 0.564.